The number of anilines is 1. The third-order valence-electron chi connectivity index (χ3n) is 4.26. The highest BCUT2D eigenvalue weighted by Gasteiger charge is 2.11. The van der Waals surface area contributed by atoms with Gasteiger partial charge in [0.15, 0.2) is 10.7 Å². The van der Waals surface area contributed by atoms with E-state index in [0.717, 1.165) is 22.4 Å². The molecule has 0 aliphatic rings. The van der Waals surface area contributed by atoms with Crippen molar-refractivity contribution in [1.29, 1.82) is 5.26 Å². The third-order valence-corrected chi connectivity index (χ3v) is 5.11. The lowest BCUT2D eigenvalue weighted by Gasteiger charge is -2.03. The number of benzene rings is 3. The van der Waals surface area contributed by atoms with Crippen LogP contribution in [0.25, 0.3) is 22.4 Å². The molecule has 0 aliphatic heterocycles. The van der Waals surface area contributed by atoms with Gasteiger partial charge in [-0.2, -0.15) is 10.4 Å². The van der Waals surface area contributed by atoms with Crippen molar-refractivity contribution < 1.29 is 4.39 Å². The smallest absolute Gasteiger partial charge is 0.196 e. The Morgan fingerprint density at radius 2 is 1.55 bits per heavy atom. The highest BCUT2D eigenvalue weighted by molar-refractivity contribution is 7.12. The summed E-state index contributed by atoms with van der Waals surface area (Å²) >= 11 is 1.32. The molecule has 1 heterocycles. The number of halogens is 1. The van der Waals surface area contributed by atoms with E-state index in [1.165, 1.54) is 17.4 Å². The number of hydrogen-bond acceptors (Lipinski definition) is 5. The average Bonchev–Trinajstić information content (AvgIpc) is 3.26. The number of hydrogen-bond donors (Lipinski definition) is 1. The quantitative estimate of drug-likeness (QED) is 0.333. The zero-order chi connectivity index (χ0) is 20.1. The average molecular weight is 398 g/mol. The van der Waals surface area contributed by atoms with Crippen LogP contribution in [0.3, 0.4) is 0 Å². The van der Waals surface area contributed by atoms with Crippen molar-refractivity contribution in [3.8, 4) is 28.5 Å². The highest BCUT2D eigenvalue weighted by atomic mass is 32.1. The molecule has 0 spiro atoms. The Kier molecular flexibility index (Phi) is 5.41. The largest absolute Gasteiger partial charge is 0.274 e. The summed E-state index contributed by atoms with van der Waals surface area (Å²) in [6.45, 7) is 0. The van der Waals surface area contributed by atoms with Crippen molar-refractivity contribution in [2.45, 2.75) is 0 Å². The number of aromatic nitrogens is 1. The number of hydrazone groups is 1. The minimum absolute atomic E-state index is 0.102. The summed E-state index contributed by atoms with van der Waals surface area (Å²) < 4.78 is 13.7. The molecule has 6 heteroatoms. The third kappa shape index (κ3) is 4.21. The Balaban J connectivity index is 1.55. The van der Waals surface area contributed by atoms with Crippen LogP contribution in [0, 0.1) is 17.1 Å². The van der Waals surface area contributed by atoms with Gasteiger partial charge >= 0.3 is 0 Å². The maximum atomic E-state index is 13.7. The minimum atomic E-state index is -0.438. The minimum Gasteiger partial charge on any atom is -0.274 e. The number of nitrogens with one attached hydrogen (secondary N) is 1. The summed E-state index contributed by atoms with van der Waals surface area (Å²) in [7, 11) is 0. The Morgan fingerprint density at radius 3 is 2.28 bits per heavy atom. The number of nitriles is 1. The molecular formula is C23H15FN4S. The SMILES string of the molecule is N#C/C(=N/Nc1ccccc1F)c1nc(-c2ccc(-c3ccccc3)cc2)cs1. The molecule has 4 nitrogen and oxygen atoms in total. The van der Waals surface area contributed by atoms with Gasteiger partial charge in [0.05, 0.1) is 11.4 Å². The fourth-order valence-corrected chi connectivity index (χ4v) is 3.53. The topological polar surface area (TPSA) is 61.1 Å². The Morgan fingerprint density at radius 1 is 0.897 bits per heavy atom. The maximum absolute atomic E-state index is 13.7. The van der Waals surface area contributed by atoms with E-state index in [0.29, 0.717) is 5.01 Å². The second kappa shape index (κ2) is 8.46. The molecule has 140 valence electrons. The molecular weight excluding hydrogens is 383 g/mol. The van der Waals surface area contributed by atoms with Crippen LogP contribution in [0.4, 0.5) is 10.1 Å². The molecule has 1 N–H and O–H groups in total. The first-order chi connectivity index (χ1) is 14.2. The van der Waals surface area contributed by atoms with Gasteiger partial charge in [-0.3, -0.25) is 5.43 Å². The second-order valence-electron chi connectivity index (χ2n) is 6.15. The molecule has 0 saturated carbocycles. The van der Waals surface area contributed by atoms with Crippen molar-refractivity contribution in [2.75, 3.05) is 5.43 Å². The summed E-state index contributed by atoms with van der Waals surface area (Å²) in [5, 5.41) is 15.8. The van der Waals surface area contributed by atoms with Gasteiger partial charge in [-0.25, -0.2) is 9.37 Å². The Hall–Kier alpha value is -3.82. The molecule has 0 saturated heterocycles. The van der Waals surface area contributed by atoms with Gasteiger partial charge in [0.25, 0.3) is 0 Å². The van der Waals surface area contributed by atoms with Gasteiger partial charge in [-0.1, -0.05) is 66.7 Å². The van der Waals surface area contributed by atoms with Gasteiger partial charge < -0.3 is 0 Å². The van der Waals surface area contributed by atoms with Crippen LogP contribution in [0.2, 0.25) is 0 Å². The maximum Gasteiger partial charge on any atom is 0.196 e. The Bertz CT molecular complexity index is 1190. The number of thiazole rings is 1. The standard InChI is InChI=1S/C23H15FN4S/c24-19-8-4-5-9-20(19)27-28-21(14-25)23-26-22(15-29-23)18-12-10-17(11-13-18)16-6-2-1-3-7-16/h1-13,15,27H/b28-21-. The molecule has 0 fully saturated rings. The highest BCUT2D eigenvalue weighted by Crippen LogP contribution is 2.26. The van der Waals surface area contributed by atoms with E-state index in [-0.39, 0.29) is 11.4 Å². The lowest BCUT2D eigenvalue weighted by atomic mass is 10.0. The van der Waals surface area contributed by atoms with Gasteiger partial charge in [-0.05, 0) is 23.3 Å². The van der Waals surface area contributed by atoms with Crippen molar-refractivity contribution in [1.82, 2.24) is 4.98 Å². The lowest BCUT2D eigenvalue weighted by molar-refractivity contribution is 0.630. The van der Waals surface area contributed by atoms with E-state index >= 15 is 0 Å². The van der Waals surface area contributed by atoms with Crippen LogP contribution in [0.1, 0.15) is 5.01 Å². The fraction of sp³-hybridized carbons (Fsp3) is 0. The molecule has 0 radical (unpaired) electrons. The number of para-hydroxylation sites is 1. The molecule has 0 aliphatic carbocycles. The van der Waals surface area contributed by atoms with Crippen molar-refractivity contribution in [2.24, 2.45) is 5.10 Å². The van der Waals surface area contributed by atoms with E-state index in [1.807, 2.05) is 53.9 Å². The molecule has 0 bridgehead atoms. The van der Waals surface area contributed by atoms with Gasteiger partial charge in [0.2, 0.25) is 0 Å². The molecule has 1 aromatic heterocycles. The molecule has 3 aromatic carbocycles. The summed E-state index contributed by atoms with van der Waals surface area (Å²) in [5.41, 5.74) is 6.88. The van der Waals surface area contributed by atoms with Gasteiger partial charge in [-0.15, -0.1) is 11.3 Å². The monoisotopic (exact) mass is 398 g/mol. The van der Waals surface area contributed by atoms with Gasteiger partial charge in [0.1, 0.15) is 11.9 Å². The lowest BCUT2D eigenvalue weighted by Crippen LogP contribution is -2.02. The van der Waals surface area contributed by atoms with E-state index in [9.17, 15) is 9.65 Å². The summed E-state index contributed by atoms with van der Waals surface area (Å²) in [6, 6.07) is 26.4. The summed E-state index contributed by atoms with van der Waals surface area (Å²) in [6.07, 6.45) is 0. The van der Waals surface area contributed by atoms with Crippen molar-refractivity contribution in [3.63, 3.8) is 0 Å². The second-order valence-corrected chi connectivity index (χ2v) is 7.00. The number of nitrogens with zero attached hydrogens (tertiary/aromatic N) is 3. The zero-order valence-electron chi connectivity index (χ0n) is 15.2. The predicted octanol–water partition coefficient (Wildman–Crippen LogP) is 5.96. The van der Waals surface area contributed by atoms with Crippen LogP contribution >= 0.6 is 11.3 Å². The normalized spacial score (nSPS) is 11.1. The van der Waals surface area contributed by atoms with Crippen molar-refractivity contribution >= 4 is 22.7 Å². The number of rotatable bonds is 5. The van der Waals surface area contributed by atoms with E-state index < -0.39 is 5.82 Å². The van der Waals surface area contributed by atoms with Crippen LogP contribution < -0.4 is 5.43 Å². The molecule has 29 heavy (non-hydrogen) atoms. The molecule has 4 aromatic rings. The Labute approximate surface area is 171 Å². The summed E-state index contributed by atoms with van der Waals surface area (Å²) in [4.78, 5) is 4.52. The van der Waals surface area contributed by atoms with Crippen LogP contribution in [0.5, 0.6) is 0 Å². The van der Waals surface area contributed by atoms with E-state index in [4.69, 9.17) is 0 Å². The fourth-order valence-electron chi connectivity index (χ4n) is 2.77. The van der Waals surface area contributed by atoms with Gasteiger partial charge in [0, 0.05) is 10.9 Å². The first-order valence-electron chi connectivity index (χ1n) is 8.84. The molecule has 0 unspecified atom stereocenters. The molecule has 4 rings (SSSR count). The first-order valence-corrected chi connectivity index (χ1v) is 9.72. The summed E-state index contributed by atoms with van der Waals surface area (Å²) in [5.74, 6) is -0.438. The van der Waals surface area contributed by atoms with E-state index in [1.54, 1.807) is 18.2 Å². The van der Waals surface area contributed by atoms with Crippen LogP contribution in [0.15, 0.2) is 89.3 Å². The predicted molar refractivity (Wildman–Crippen MR) is 115 cm³/mol. The van der Waals surface area contributed by atoms with Crippen LogP contribution in [-0.4, -0.2) is 10.7 Å². The zero-order valence-corrected chi connectivity index (χ0v) is 16.0. The molecule has 0 amide bonds. The van der Waals surface area contributed by atoms with Crippen molar-refractivity contribution in [3.05, 3.63) is 95.1 Å². The van der Waals surface area contributed by atoms with E-state index in [2.05, 4.69) is 27.6 Å². The first kappa shape index (κ1) is 18.5. The van der Waals surface area contributed by atoms with Crippen LogP contribution in [-0.2, 0) is 0 Å². The molecule has 0 atom stereocenters.